The first-order valence-corrected chi connectivity index (χ1v) is 22.8. The molecule has 0 heterocycles. The molecule has 1 rings (SSSR count). The van der Waals surface area contributed by atoms with Crippen molar-refractivity contribution in [2.24, 2.45) is 0 Å². The van der Waals surface area contributed by atoms with Gasteiger partial charge >= 0.3 is 43.0 Å². The maximum atomic E-state index is 13.1. The Balaban J connectivity index is 3.20. The van der Waals surface area contributed by atoms with Crippen LogP contribution in [0.25, 0.3) is 0 Å². The van der Waals surface area contributed by atoms with Gasteiger partial charge in [0.15, 0.2) is 6.10 Å². The first-order chi connectivity index (χ1) is 24.0. The van der Waals surface area contributed by atoms with Crippen LogP contribution in [0.3, 0.4) is 0 Å². The zero-order chi connectivity index (χ0) is 39.8. The van der Waals surface area contributed by atoms with Crippen LogP contribution in [0.1, 0.15) is 90.9 Å². The molecule has 0 spiro atoms. The molecule has 0 amide bonds. The first kappa shape index (κ1) is 49.3. The highest BCUT2D eigenvalue weighted by Gasteiger charge is 2.58. The third-order valence-electron chi connectivity index (χ3n) is 7.32. The molecule has 1 fully saturated rings. The minimum Gasteiger partial charge on any atom is -0.462 e. The first-order valence-electron chi connectivity index (χ1n) is 16.5. The van der Waals surface area contributed by atoms with Crippen molar-refractivity contribution in [3.8, 4) is 0 Å². The molecule has 26 heteroatoms. The van der Waals surface area contributed by atoms with E-state index >= 15 is 0 Å². The largest absolute Gasteiger partial charge is 0.472 e. The predicted molar refractivity (Wildman–Crippen MR) is 176 cm³/mol. The molecule has 22 nitrogen and oxygen atoms in total. The average molecular weight is 841 g/mol. The molecule has 52 heavy (non-hydrogen) atoms. The highest BCUT2D eigenvalue weighted by atomic mass is 31.2. The van der Waals surface area contributed by atoms with E-state index in [1.165, 1.54) is 0 Å². The van der Waals surface area contributed by atoms with E-state index in [-0.39, 0.29) is 12.8 Å². The van der Waals surface area contributed by atoms with E-state index in [2.05, 4.69) is 9.05 Å². The van der Waals surface area contributed by atoms with Crippen LogP contribution in [-0.2, 0) is 60.2 Å². The van der Waals surface area contributed by atoms with Crippen LogP contribution in [0.5, 0.6) is 0 Å². The van der Waals surface area contributed by atoms with Gasteiger partial charge in [-0.2, -0.15) is 0 Å². The molecule has 1 aliphatic rings. The maximum Gasteiger partial charge on any atom is 0.472 e. The summed E-state index contributed by atoms with van der Waals surface area (Å²) in [7, 11) is -22.1. The number of carbonyl (C=O) groups is 2. The van der Waals surface area contributed by atoms with Crippen molar-refractivity contribution in [2.45, 2.75) is 134 Å². The van der Waals surface area contributed by atoms with Gasteiger partial charge in [-0.05, 0) is 12.8 Å². The SMILES string of the molecule is CCCCCCCC(=O)OC[C@H](COP(=O)(O)O[C@H]1[C@H](O)[C@@H](OP(=O)(O)O)[C@H](OP(=O)(O)O)[C@@H](OCP(=O)(O)O)[C@H]1O)OC(=O)CCCCCCC. The summed E-state index contributed by atoms with van der Waals surface area (Å²) < 4.78 is 81.6. The lowest BCUT2D eigenvalue weighted by atomic mass is 9.85. The summed E-state index contributed by atoms with van der Waals surface area (Å²) in [4.78, 5) is 91.2. The number of esters is 2. The third kappa shape index (κ3) is 21.4. The molecule has 0 aromatic heterocycles. The van der Waals surface area contributed by atoms with Gasteiger partial charge in [-0.25, -0.2) is 13.7 Å². The van der Waals surface area contributed by atoms with E-state index in [1.807, 2.05) is 13.8 Å². The van der Waals surface area contributed by atoms with Crippen molar-refractivity contribution in [2.75, 3.05) is 19.6 Å². The summed E-state index contributed by atoms with van der Waals surface area (Å²) >= 11 is 0. The van der Waals surface area contributed by atoms with Crippen LogP contribution in [0.15, 0.2) is 0 Å². The normalized spacial score (nSPS) is 24.6. The Morgan fingerprint density at radius 2 is 1.08 bits per heavy atom. The number of hydrogen-bond donors (Lipinski definition) is 9. The fourth-order valence-corrected chi connectivity index (χ4v) is 7.40. The van der Waals surface area contributed by atoms with Crippen LogP contribution in [0.4, 0.5) is 0 Å². The van der Waals surface area contributed by atoms with E-state index in [0.29, 0.717) is 19.3 Å². The molecule has 0 aliphatic heterocycles. The Morgan fingerprint density at radius 1 is 0.596 bits per heavy atom. The second kappa shape index (κ2) is 23.4. The molecule has 1 unspecified atom stereocenters. The summed E-state index contributed by atoms with van der Waals surface area (Å²) in [6.45, 7) is 2.43. The summed E-state index contributed by atoms with van der Waals surface area (Å²) in [5, 5.41) is 21.7. The van der Waals surface area contributed by atoms with Crippen molar-refractivity contribution >= 4 is 43.0 Å². The van der Waals surface area contributed by atoms with Crippen molar-refractivity contribution in [1.82, 2.24) is 0 Å². The van der Waals surface area contributed by atoms with Crippen molar-refractivity contribution in [3.05, 3.63) is 0 Å². The Bertz CT molecular complexity index is 1270. The van der Waals surface area contributed by atoms with Gasteiger partial charge < -0.3 is 58.7 Å². The van der Waals surface area contributed by atoms with Gasteiger partial charge in [0.25, 0.3) is 0 Å². The van der Waals surface area contributed by atoms with Crippen LogP contribution in [0, 0.1) is 0 Å². The van der Waals surface area contributed by atoms with Gasteiger partial charge in [0, 0.05) is 12.8 Å². The van der Waals surface area contributed by atoms with E-state index in [4.69, 9.17) is 23.3 Å². The summed E-state index contributed by atoms with van der Waals surface area (Å²) in [5.41, 5.74) is 0. The number of ether oxygens (including phenoxy) is 3. The van der Waals surface area contributed by atoms with E-state index in [9.17, 15) is 72.3 Å². The van der Waals surface area contributed by atoms with Crippen molar-refractivity contribution in [3.63, 3.8) is 0 Å². The number of unbranched alkanes of at least 4 members (excludes halogenated alkanes) is 8. The van der Waals surface area contributed by atoms with Crippen LogP contribution in [0.2, 0.25) is 0 Å². The fraction of sp³-hybridized carbons (Fsp3) is 0.923. The molecule has 1 saturated carbocycles. The van der Waals surface area contributed by atoms with Gasteiger partial charge in [0.2, 0.25) is 0 Å². The number of carbonyl (C=O) groups excluding carboxylic acids is 2. The summed E-state index contributed by atoms with van der Waals surface area (Å²) in [6, 6.07) is 0. The van der Waals surface area contributed by atoms with Gasteiger partial charge in [-0.1, -0.05) is 65.2 Å². The molecular weight excluding hydrogens is 788 g/mol. The molecule has 308 valence electrons. The zero-order valence-corrected chi connectivity index (χ0v) is 32.3. The van der Waals surface area contributed by atoms with Crippen molar-refractivity contribution < 1.29 is 105 Å². The lowest BCUT2D eigenvalue weighted by Gasteiger charge is -2.46. The second-order valence-corrected chi connectivity index (χ2v) is 17.4. The van der Waals surface area contributed by atoms with Gasteiger partial charge in [0.05, 0.1) is 6.61 Å². The lowest BCUT2D eigenvalue weighted by molar-refractivity contribution is -0.222. The molecule has 1 aliphatic carbocycles. The second-order valence-electron chi connectivity index (χ2n) is 12.0. The molecule has 8 atom stereocenters. The zero-order valence-electron chi connectivity index (χ0n) is 28.8. The Hall–Kier alpha value is -0.700. The Kier molecular flexibility index (Phi) is 22.2. The third-order valence-corrected chi connectivity index (χ3v) is 9.83. The highest BCUT2D eigenvalue weighted by molar-refractivity contribution is 7.51. The van der Waals surface area contributed by atoms with E-state index < -0.39 is 105 Å². The number of aliphatic hydroxyl groups is 2. The quantitative estimate of drug-likeness (QED) is 0.0324. The molecule has 0 aromatic carbocycles. The highest BCUT2D eigenvalue weighted by Crippen LogP contribution is 2.52. The maximum absolute atomic E-state index is 13.1. The molecular formula is C26H52O22P4. The number of rotatable bonds is 27. The molecule has 9 N–H and O–H groups in total. The monoisotopic (exact) mass is 840 g/mol. The molecule has 0 aromatic rings. The smallest absolute Gasteiger partial charge is 0.462 e. The average Bonchev–Trinajstić information content (AvgIpc) is 3.00. The van der Waals surface area contributed by atoms with E-state index in [1.54, 1.807) is 0 Å². The minimum atomic E-state index is -5.72. The van der Waals surface area contributed by atoms with Crippen LogP contribution >= 0.6 is 31.1 Å². The van der Waals surface area contributed by atoms with Crippen LogP contribution in [-0.4, -0.2) is 119 Å². The predicted octanol–water partition coefficient (Wildman–Crippen LogP) is 1.88. The Morgan fingerprint density at radius 3 is 1.58 bits per heavy atom. The van der Waals surface area contributed by atoms with Crippen molar-refractivity contribution in [1.29, 1.82) is 0 Å². The standard InChI is InChI=1S/C26H52O22P4/c1-3-5-7-9-11-13-19(27)42-15-18(45-20(28)14-12-10-8-6-4-2)16-44-52(40,41)48-23-21(29)24(43-17-49(31,32)33)26(47-51(37,38)39)25(22(23)30)46-50(34,35)36/h18,21-26,29-30H,3-17H2,1-2H3,(H,40,41)(H2,31,32,33)(H2,34,35,36)(H2,37,38,39)/t18-,21+,22+,23-,24+,25-,26-/m1/s1. The fourth-order valence-electron chi connectivity index (χ4n) is 4.94. The van der Waals surface area contributed by atoms with Crippen LogP contribution < -0.4 is 0 Å². The number of phosphoric ester groups is 3. The number of phosphoric acid groups is 3. The van der Waals surface area contributed by atoms with Gasteiger partial charge in [0.1, 0.15) is 49.6 Å². The topological polar surface area (TPSA) is 349 Å². The summed E-state index contributed by atoms with van der Waals surface area (Å²) in [6.07, 6.45) is -10.5. The van der Waals surface area contributed by atoms with Gasteiger partial charge in [-0.15, -0.1) is 0 Å². The van der Waals surface area contributed by atoms with Gasteiger partial charge in [-0.3, -0.25) is 32.2 Å². The number of aliphatic hydroxyl groups excluding tert-OH is 2. The number of hydrogen-bond acceptors (Lipinski definition) is 15. The summed E-state index contributed by atoms with van der Waals surface area (Å²) in [5.74, 6) is -1.41. The minimum absolute atomic E-state index is 0.0392. The molecule has 0 saturated heterocycles. The lowest BCUT2D eigenvalue weighted by Crippen LogP contribution is -2.65. The molecule has 0 radical (unpaired) electrons. The molecule has 0 bridgehead atoms. The van der Waals surface area contributed by atoms with E-state index in [0.717, 1.165) is 44.9 Å². The Labute approximate surface area is 300 Å².